The van der Waals surface area contributed by atoms with E-state index in [1.807, 2.05) is 27.0 Å². The lowest BCUT2D eigenvalue weighted by atomic mass is 10.2. The van der Waals surface area contributed by atoms with Crippen molar-refractivity contribution in [3.05, 3.63) is 0 Å². The van der Waals surface area contributed by atoms with Crippen LogP contribution in [0.25, 0.3) is 0 Å². The molecular weight excluding hydrogens is 278 g/mol. The lowest BCUT2D eigenvalue weighted by molar-refractivity contribution is -0.146. The summed E-state index contributed by atoms with van der Waals surface area (Å²) in [5, 5.41) is 2.58. The molecular formula is C14H27NO4S. The Bertz CT molecular complexity index is 284. The fourth-order valence-corrected chi connectivity index (χ4v) is 1.80. The second-order valence-electron chi connectivity index (χ2n) is 4.99. The zero-order valence-corrected chi connectivity index (χ0v) is 13.8. The first-order chi connectivity index (χ1) is 9.51. The zero-order chi connectivity index (χ0) is 15.4. The average molecular weight is 305 g/mol. The maximum Gasteiger partial charge on any atom is 0.407 e. The van der Waals surface area contributed by atoms with Gasteiger partial charge in [-0.1, -0.05) is 27.2 Å². The predicted octanol–water partition coefficient (Wildman–Crippen LogP) is 2.83. The normalized spacial score (nSPS) is 12.1. The molecule has 0 aromatic heterocycles. The van der Waals surface area contributed by atoms with Gasteiger partial charge in [0.1, 0.15) is 6.04 Å². The minimum absolute atomic E-state index is 0.266. The summed E-state index contributed by atoms with van der Waals surface area (Å²) in [6.07, 6.45) is 3.74. The van der Waals surface area contributed by atoms with Crippen LogP contribution in [0.3, 0.4) is 0 Å². The third kappa shape index (κ3) is 9.95. The molecule has 0 aromatic carbocycles. The number of rotatable bonds is 10. The predicted molar refractivity (Wildman–Crippen MR) is 82.0 cm³/mol. The van der Waals surface area contributed by atoms with Crippen molar-refractivity contribution in [2.45, 2.75) is 46.1 Å². The minimum atomic E-state index is -0.626. The Morgan fingerprint density at radius 3 is 2.50 bits per heavy atom. The smallest absolute Gasteiger partial charge is 0.407 e. The quantitative estimate of drug-likeness (QED) is 0.496. The van der Waals surface area contributed by atoms with Crippen LogP contribution in [0.2, 0.25) is 0 Å². The Labute approximate surface area is 126 Å². The maximum absolute atomic E-state index is 11.9. The molecule has 0 aliphatic carbocycles. The summed E-state index contributed by atoms with van der Waals surface area (Å²) in [5.74, 6) is 0.661. The first kappa shape index (κ1) is 19.1. The molecule has 0 saturated carbocycles. The highest BCUT2D eigenvalue weighted by Gasteiger charge is 2.22. The molecule has 0 bridgehead atoms. The second-order valence-corrected chi connectivity index (χ2v) is 5.98. The van der Waals surface area contributed by atoms with E-state index >= 15 is 0 Å². The summed E-state index contributed by atoms with van der Waals surface area (Å²) >= 11 is 1.62. The van der Waals surface area contributed by atoms with Crippen LogP contribution >= 0.6 is 11.8 Å². The maximum atomic E-state index is 11.9. The molecule has 5 nitrogen and oxygen atoms in total. The molecule has 6 heteroatoms. The van der Waals surface area contributed by atoms with Crippen molar-refractivity contribution in [3.63, 3.8) is 0 Å². The fraction of sp³-hybridized carbons (Fsp3) is 0.857. The number of ether oxygens (including phenoxy) is 2. The highest BCUT2D eigenvalue weighted by molar-refractivity contribution is 7.98. The summed E-state index contributed by atoms with van der Waals surface area (Å²) < 4.78 is 10.2. The van der Waals surface area contributed by atoms with Gasteiger partial charge in [-0.2, -0.15) is 11.8 Å². The molecule has 0 aromatic rings. The van der Waals surface area contributed by atoms with Gasteiger partial charge in [0.2, 0.25) is 0 Å². The van der Waals surface area contributed by atoms with Crippen LogP contribution in [0, 0.1) is 5.92 Å². The Hall–Kier alpha value is -0.910. The number of alkyl carbamates (subject to hydrolysis) is 1. The first-order valence-corrected chi connectivity index (χ1v) is 8.49. The average Bonchev–Trinajstić information content (AvgIpc) is 2.41. The van der Waals surface area contributed by atoms with E-state index in [-0.39, 0.29) is 11.9 Å². The molecule has 0 heterocycles. The highest BCUT2D eigenvalue weighted by Crippen LogP contribution is 2.04. The van der Waals surface area contributed by atoms with Crippen molar-refractivity contribution in [1.29, 1.82) is 0 Å². The molecule has 1 atom stereocenters. The van der Waals surface area contributed by atoms with E-state index in [2.05, 4.69) is 5.32 Å². The zero-order valence-electron chi connectivity index (χ0n) is 12.9. The van der Waals surface area contributed by atoms with Crippen LogP contribution in [0.15, 0.2) is 0 Å². The van der Waals surface area contributed by atoms with Crippen molar-refractivity contribution in [2.75, 3.05) is 25.2 Å². The number of thioether (sulfide) groups is 1. The van der Waals surface area contributed by atoms with E-state index in [1.165, 1.54) is 0 Å². The number of esters is 1. The van der Waals surface area contributed by atoms with Crippen LogP contribution in [-0.4, -0.2) is 43.3 Å². The molecule has 118 valence electrons. The standard InChI is InChI=1S/C14H27NO4S/c1-5-6-8-18-13(16)12(7-9-20-4)15-14(17)19-10-11(2)3/h11-12H,5-10H2,1-4H3,(H,15,17). The molecule has 0 radical (unpaired) electrons. The van der Waals surface area contributed by atoms with Gasteiger partial charge >= 0.3 is 12.1 Å². The second kappa shape index (κ2) is 11.9. The topological polar surface area (TPSA) is 64.6 Å². The van der Waals surface area contributed by atoms with Crippen molar-refractivity contribution in [1.82, 2.24) is 5.32 Å². The van der Waals surface area contributed by atoms with Crippen LogP contribution in [0.5, 0.6) is 0 Å². The van der Waals surface area contributed by atoms with E-state index in [0.29, 0.717) is 19.6 Å². The summed E-state index contributed by atoms with van der Waals surface area (Å²) in [6.45, 7) is 6.68. The number of amides is 1. The fourth-order valence-electron chi connectivity index (χ4n) is 1.33. The van der Waals surface area contributed by atoms with E-state index in [4.69, 9.17) is 9.47 Å². The van der Waals surface area contributed by atoms with Crippen LogP contribution in [0.1, 0.15) is 40.0 Å². The molecule has 1 N–H and O–H groups in total. The van der Waals surface area contributed by atoms with Crippen LogP contribution in [0.4, 0.5) is 4.79 Å². The molecule has 1 unspecified atom stereocenters. The summed E-state index contributed by atoms with van der Waals surface area (Å²) in [6, 6.07) is -0.626. The van der Waals surface area contributed by atoms with E-state index in [1.54, 1.807) is 11.8 Å². The van der Waals surface area contributed by atoms with Crippen molar-refractivity contribution in [2.24, 2.45) is 5.92 Å². The third-order valence-electron chi connectivity index (χ3n) is 2.48. The Morgan fingerprint density at radius 2 is 1.95 bits per heavy atom. The van der Waals surface area contributed by atoms with Crippen molar-refractivity contribution in [3.8, 4) is 0 Å². The summed E-state index contributed by atoms with van der Waals surface area (Å²) in [4.78, 5) is 23.5. The SMILES string of the molecule is CCCCOC(=O)C(CCSC)NC(=O)OCC(C)C. The van der Waals surface area contributed by atoms with E-state index in [0.717, 1.165) is 18.6 Å². The number of hydrogen-bond donors (Lipinski definition) is 1. The van der Waals surface area contributed by atoms with Crippen molar-refractivity contribution >= 4 is 23.8 Å². The van der Waals surface area contributed by atoms with E-state index in [9.17, 15) is 9.59 Å². The Kier molecular flexibility index (Phi) is 11.3. The minimum Gasteiger partial charge on any atom is -0.464 e. The monoisotopic (exact) mass is 305 g/mol. The number of carbonyl (C=O) groups is 2. The molecule has 20 heavy (non-hydrogen) atoms. The van der Waals surface area contributed by atoms with Gasteiger partial charge in [0, 0.05) is 0 Å². The lowest BCUT2D eigenvalue weighted by Crippen LogP contribution is -2.43. The lowest BCUT2D eigenvalue weighted by Gasteiger charge is -2.17. The highest BCUT2D eigenvalue weighted by atomic mass is 32.2. The van der Waals surface area contributed by atoms with Gasteiger partial charge in [-0.05, 0) is 30.8 Å². The van der Waals surface area contributed by atoms with Gasteiger partial charge in [-0.15, -0.1) is 0 Å². The Morgan fingerprint density at radius 1 is 1.25 bits per heavy atom. The number of hydrogen-bond acceptors (Lipinski definition) is 5. The van der Waals surface area contributed by atoms with Gasteiger partial charge in [0.15, 0.2) is 0 Å². The third-order valence-corrected chi connectivity index (χ3v) is 3.12. The number of unbranched alkanes of at least 4 members (excludes halogenated alkanes) is 1. The molecule has 0 aliphatic heterocycles. The summed E-state index contributed by atoms with van der Waals surface area (Å²) in [5.41, 5.74) is 0. The first-order valence-electron chi connectivity index (χ1n) is 7.10. The van der Waals surface area contributed by atoms with Gasteiger partial charge in [-0.25, -0.2) is 9.59 Å². The van der Waals surface area contributed by atoms with E-state index < -0.39 is 12.1 Å². The molecule has 1 amide bonds. The molecule has 0 aliphatic rings. The molecule has 0 fully saturated rings. The van der Waals surface area contributed by atoms with Gasteiger partial charge in [0.05, 0.1) is 13.2 Å². The molecule has 0 rings (SSSR count). The number of nitrogens with one attached hydrogen (secondary N) is 1. The van der Waals surface area contributed by atoms with Crippen molar-refractivity contribution < 1.29 is 19.1 Å². The van der Waals surface area contributed by atoms with Gasteiger partial charge in [0.25, 0.3) is 0 Å². The van der Waals surface area contributed by atoms with Crippen LogP contribution in [-0.2, 0) is 14.3 Å². The molecule has 0 spiro atoms. The van der Waals surface area contributed by atoms with Gasteiger partial charge in [-0.3, -0.25) is 0 Å². The van der Waals surface area contributed by atoms with Gasteiger partial charge < -0.3 is 14.8 Å². The molecule has 0 saturated heterocycles. The summed E-state index contributed by atoms with van der Waals surface area (Å²) in [7, 11) is 0. The number of carbonyl (C=O) groups excluding carboxylic acids is 2. The Balaban J connectivity index is 4.24. The van der Waals surface area contributed by atoms with Crippen LogP contribution < -0.4 is 5.32 Å². The largest absolute Gasteiger partial charge is 0.464 e.